The quantitative estimate of drug-likeness (QED) is 0.373. The predicted molar refractivity (Wildman–Crippen MR) is 125 cm³/mol. The Morgan fingerprint density at radius 1 is 1.23 bits per heavy atom. The summed E-state index contributed by atoms with van der Waals surface area (Å²) < 4.78 is 6.63. The molecule has 0 unspecified atom stereocenters. The van der Waals surface area contributed by atoms with Gasteiger partial charge in [0.1, 0.15) is 14.7 Å². The van der Waals surface area contributed by atoms with Crippen LogP contribution in [-0.2, 0) is 11.3 Å². The standard InChI is InChI=1S/C23H23N3O3S2/c1-5-29-23(28)19-14(4)18-21(31-19)24-12-26(22(18)27)10-17-11-30-20(25-17)16-8-6-15(7-9-16)13(2)3/h6-9,11-13H,5,10H2,1-4H3. The lowest BCUT2D eigenvalue weighted by atomic mass is 10.0. The number of carbonyl (C=O) groups excluding carboxylic acids is 1. The summed E-state index contributed by atoms with van der Waals surface area (Å²) in [5.41, 5.74) is 3.60. The molecule has 0 aliphatic heterocycles. The first kappa shape index (κ1) is 21.4. The first-order valence-corrected chi connectivity index (χ1v) is 11.8. The van der Waals surface area contributed by atoms with Crippen molar-refractivity contribution in [3.8, 4) is 10.6 Å². The van der Waals surface area contributed by atoms with Gasteiger partial charge in [0.05, 0.1) is 30.6 Å². The largest absolute Gasteiger partial charge is 0.462 e. The summed E-state index contributed by atoms with van der Waals surface area (Å²) in [6.07, 6.45) is 1.52. The second-order valence-corrected chi connectivity index (χ2v) is 9.41. The Kier molecular flexibility index (Phi) is 6.02. The minimum Gasteiger partial charge on any atom is -0.462 e. The minimum absolute atomic E-state index is 0.176. The Bertz CT molecular complexity index is 1300. The van der Waals surface area contributed by atoms with Crippen molar-refractivity contribution in [3.63, 3.8) is 0 Å². The molecule has 8 heteroatoms. The fraction of sp³-hybridized carbons (Fsp3) is 0.304. The zero-order valence-corrected chi connectivity index (χ0v) is 19.5. The first-order valence-electron chi connectivity index (χ1n) is 10.1. The molecular formula is C23H23N3O3S2. The maximum absolute atomic E-state index is 13.1. The summed E-state index contributed by atoms with van der Waals surface area (Å²) >= 11 is 2.75. The Balaban J connectivity index is 1.62. The van der Waals surface area contributed by atoms with Crippen molar-refractivity contribution in [3.05, 3.63) is 68.0 Å². The zero-order valence-electron chi connectivity index (χ0n) is 17.8. The molecule has 6 nitrogen and oxygen atoms in total. The highest BCUT2D eigenvalue weighted by atomic mass is 32.1. The van der Waals surface area contributed by atoms with Crippen LogP contribution in [0.15, 0.2) is 40.8 Å². The van der Waals surface area contributed by atoms with Crippen LogP contribution in [0.4, 0.5) is 0 Å². The van der Waals surface area contributed by atoms with E-state index in [0.29, 0.717) is 33.1 Å². The van der Waals surface area contributed by atoms with E-state index in [1.165, 1.54) is 27.8 Å². The van der Waals surface area contributed by atoms with Gasteiger partial charge in [-0.05, 0) is 30.9 Å². The van der Waals surface area contributed by atoms with Crippen molar-refractivity contribution in [1.29, 1.82) is 0 Å². The van der Waals surface area contributed by atoms with E-state index < -0.39 is 5.97 Å². The summed E-state index contributed by atoms with van der Waals surface area (Å²) in [5, 5.41) is 3.35. The number of thiazole rings is 1. The van der Waals surface area contributed by atoms with E-state index in [1.807, 2.05) is 5.38 Å². The summed E-state index contributed by atoms with van der Waals surface area (Å²) in [6.45, 7) is 8.48. The molecule has 0 radical (unpaired) electrons. The average Bonchev–Trinajstić information content (AvgIpc) is 3.35. The van der Waals surface area contributed by atoms with E-state index in [-0.39, 0.29) is 12.2 Å². The molecule has 0 saturated carbocycles. The van der Waals surface area contributed by atoms with Crippen LogP contribution >= 0.6 is 22.7 Å². The van der Waals surface area contributed by atoms with Gasteiger partial charge in [-0.3, -0.25) is 9.36 Å². The maximum atomic E-state index is 13.1. The molecule has 4 rings (SSSR count). The van der Waals surface area contributed by atoms with Gasteiger partial charge >= 0.3 is 5.97 Å². The normalized spacial score (nSPS) is 11.4. The molecule has 0 bridgehead atoms. The zero-order chi connectivity index (χ0) is 22.1. The van der Waals surface area contributed by atoms with Gasteiger partial charge in [-0.2, -0.15) is 0 Å². The van der Waals surface area contributed by atoms with Gasteiger partial charge in [-0.15, -0.1) is 22.7 Å². The third kappa shape index (κ3) is 4.18. The molecule has 0 atom stereocenters. The molecule has 1 aromatic carbocycles. The number of ether oxygens (including phenoxy) is 1. The average molecular weight is 454 g/mol. The van der Waals surface area contributed by atoms with E-state index >= 15 is 0 Å². The fourth-order valence-electron chi connectivity index (χ4n) is 3.36. The van der Waals surface area contributed by atoms with Gasteiger partial charge in [0.2, 0.25) is 0 Å². The molecule has 0 N–H and O–H groups in total. The number of benzene rings is 1. The Morgan fingerprint density at radius 3 is 2.65 bits per heavy atom. The maximum Gasteiger partial charge on any atom is 0.348 e. The Morgan fingerprint density at radius 2 is 1.97 bits per heavy atom. The fourth-order valence-corrected chi connectivity index (χ4v) is 5.21. The monoisotopic (exact) mass is 453 g/mol. The number of thiophene rings is 1. The Hall–Kier alpha value is -2.84. The predicted octanol–water partition coefficient (Wildman–Crippen LogP) is 5.24. The van der Waals surface area contributed by atoms with E-state index in [4.69, 9.17) is 9.72 Å². The van der Waals surface area contributed by atoms with Crippen molar-refractivity contribution in [2.75, 3.05) is 6.61 Å². The van der Waals surface area contributed by atoms with Crippen LogP contribution in [-0.4, -0.2) is 27.1 Å². The van der Waals surface area contributed by atoms with Crippen LogP contribution in [0.2, 0.25) is 0 Å². The lowest BCUT2D eigenvalue weighted by molar-refractivity contribution is 0.0531. The molecule has 0 saturated heterocycles. The summed E-state index contributed by atoms with van der Waals surface area (Å²) in [5.74, 6) is 0.0710. The lowest BCUT2D eigenvalue weighted by Gasteiger charge is -2.05. The van der Waals surface area contributed by atoms with Gasteiger partial charge in [-0.25, -0.2) is 14.8 Å². The molecule has 0 aliphatic rings. The summed E-state index contributed by atoms with van der Waals surface area (Å²) in [4.78, 5) is 35.3. The van der Waals surface area contributed by atoms with E-state index in [1.54, 1.807) is 25.2 Å². The second-order valence-electron chi connectivity index (χ2n) is 7.56. The third-order valence-corrected chi connectivity index (χ3v) is 7.21. The van der Waals surface area contributed by atoms with Gasteiger partial charge in [0.15, 0.2) is 0 Å². The van der Waals surface area contributed by atoms with E-state index in [9.17, 15) is 9.59 Å². The summed E-state index contributed by atoms with van der Waals surface area (Å²) in [7, 11) is 0. The van der Waals surface area contributed by atoms with Crippen molar-refractivity contribution >= 4 is 38.9 Å². The number of nitrogens with zero attached hydrogens (tertiary/aromatic N) is 3. The van der Waals surface area contributed by atoms with E-state index in [0.717, 1.165) is 16.3 Å². The van der Waals surface area contributed by atoms with Crippen LogP contribution in [0, 0.1) is 6.92 Å². The van der Waals surface area contributed by atoms with Crippen LogP contribution in [0.5, 0.6) is 0 Å². The van der Waals surface area contributed by atoms with Crippen LogP contribution in [0.1, 0.15) is 53.2 Å². The van der Waals surface area contributed by atoms with Crippen LogP contribution in [0.25, 0.3) is 20.8 Å². The molecule has 31 heavy (non-hydrogen) atoms. The van der Waals surface area contributed by atoms with Crippen molar-refractivity contribution < 1.29 is 9.53 Å². The number of esters is 1. The number of aromatic nitrogens is 3. The lowest BCUT2D eigenvalue weighted by Crippen LogP contribution is -2.21. The Labute approximate surface area is 188 Å². The molecule has 0 amide bonds. The topological polar surface area (TPSA) is 74.1 Å². The SMILES string of the molecule is CCOC(=O)c1sc2ncn(Cc3csc(-c4ccc(C(C)C)cc4)n3)c(=O)c2c1C. The van der Waals surface area contributed by atoms with Gasteiger partial charge < -0.3 is 4.74 Å². The molecule has 4 aromatic rings. The number of rotatable bonds is 6. The van der Waals surface area contributed by atoms with Gasteiger partial charge in [0.25, 0.3) is 5.56 Å². The first-order chi connectivity index (χ1) is 14.9. The second kappa shape index (κ2) is 8.72. The van der Waals surface area contributed by atoms with Crippen molar-refractivity contribution in [1.82, 2.24) is 14.5 Å². The number of hydrogen-bond donors (Lipinski definition) is 0. The van der Waals surface area contributed by atoms with Gasteiger partial charge in [-0.1, -0.05) is 38.1 Å². The number of aryl methyl sites for hydroxylation is 1. The molecule has 0 aliphatic carbocycles. The highest BCUT2D eigenvalue weighted by Gasteiger charge is 2.20. The number of carbonyl (C=O) groups is 1. The molecule has 3 heterocycles. The molecule has 0 spiro atoms. The molecule has 0 fully saturated rings. The molecular weight excluding hydrogens is 430 g/mol. The van der Waals surface area contributed by atoms with Crippen molar-refractivity contribution in [2.45, 2.75) is 40.2 Å². The smallest absolute Gasteiger partial charge is 0.348 e. The highest BCUT2D eigenvalue weighted by Crippen LogP contribution is 2.28. The minimum atomic E-state index is -0.415. The van der Waals surface area contributed by atoms with Crippen molar-refractivity contribution in [2.24, 2.45) is 0 Å². The van der Waals surface area contributed by atoms with Crippen LogP contribution < -0.4 is 5.56 Å². The number of hydrogen-bond acceptors (Lipinski definition) is 7. The number of fused-ring (bicyclic) bond motifs is 1. The third-order valence-electron chi connectivity index (χ3n) is 5.09. The van der Waals surface area contributed by atoms with Gasteiger partial charge in [0, 0.05) is 10.9 Å². The van der Waals surface area contributed by atoms with Crippen LogP contribution in [0.3, 0.4) is 0 Å². The molecule has 160 valence electrons. The summed E-state index contributed by atoms with van der Waals surface area (Å²) in [6, 6.07) is 8.43. The molecule has 3 aromatic heterocycles. The highest BCUT2D eigenvalue weighted by molar-refractivity contribution is 7.20. The van der Waals surface area contributed by atoms with E-state index in [2.05, 4.69) is 43.1 Å².